The smallest absolute Gasteiger partial charge is 0.271 e. The Bertz CT molecular complexity index is 888. The Hall–Kier alpha value is -2.89. The van der Waals surface area contributed by atoms with Crippen LogP contribution in [0.15, 0.2) is 30.5 Å². The third-order valence-corrected chi connectivity index (χ3v) is 4.30. The molecular formula is C17H17N5O. The van der Waals surface area contributed by atoms with Crippen LogP contribution < -0.4 is 5.32 Å². The average molecular weight is 307 g/mol. The molecule has 2 heterocycles. The first-order valence-corrected chi connectivity index (χ1v) is 7.62. The Morgan fingerprint density at radius 2 is 2.04 bits per heavy atom. The molecule has 6 nitrogen and oxygen atoms in total. The van der Waals surface area contributed by atoms with Crippen molar-refractivity contribution < 1.29 is 4.79 Å². The number of hydrogen-bond acceptors (Lipinski definition) is 3. The Labute approximate surface area is 133 Å². The fourth-order valence-electron chi connectivity index (χ4n) is 3.09. The van der Waals surface area contributed by atoms with E-state index in [1.165, 1.54) is 5.56 Å². The molecule has 1 aromatic carbocycles. The molecule has 0 spiro atoms. The number of nitrogens with zero attached hydrogens (tertiary/aromatic N) is 3. The number of aromatic nitrogens is 4. The van der Waals surface area contributed by atoms with Crippen molar-refractivity contribution in [2.75, 3.05) is 7.05 Å². The van der Waals surface area contributed by atoms with E-state index in [-0.39, 0.29) is 5.91 Å². The Morgan fingerprint density at radius 1 is 1.26 bits per heavy atom. The molecule has 4 rings (SSSR count). The van der Waals surface area contributed by atoms with E-state index in [0.29, 0.717) is 5.69 Å². The topological polar surface area (TPSA) is 75.6 Å². The summed E-state index contributed by atoms with van der Waals surface area (Å²) in [4.78, 5) is 12.2. The van der Waals surface area contributed by atoms with Crippen LogP contribution in [0.2, 0.25) is 0 Å². The molecule has 0 bridgehead atoms. The number of aromatic amines is 1. The Morgan fingerprint density at radius 3 is 2.78 bits per heavy atom. The highest BCUT2D eigenvalue weighted by Crippen LogP contribution is 2.35. The zero-order chi connectivity index (χ0) is 16.0. The van der Waals surface area contributed by atoms with Crippen molar-refractivity contribution in [3.63, 3.8) is 0 Å². The highest BCUT2D eigenvalue weighted by molar-refractivity contribution is 5.96. The van der Waals surface area contributed by atoms with Gasteiger partial charge in [-0.1, -0.05) is 17.7 Å². The van der Waals surface area contributed by atoms with Crippen molar-refractivity contribution in [1.29, 1.82) is 0 Å². The number of H-pyrrole nitrogens is 1. The fraction of sp³-hybridized carbons (Fsp3) is 0.235. The van der Waals surface area contributed by atoms with E-state index >= 15 is 0 Å². The molecule has 1 aliphatic carbocycles. The lowest BCUT2D eigenvalue weighted by molar-refractivity contribution is 0.0957. The second kappa shape index (κ2) is 5.08. The van der Waals surface area contributed by atoms with Crippen molar-refractivity contribution in [3.05, 3.63) is 53.0 Å². The van der Waals surface area contributed by atoms with Gasteiger partial charge in [-0.2, -0.15) is 10.2 Å². The lowest BCUT2D eigenvalue weighted by Crippen LogP contribution is -2.20. The number of nitrogens with one attached hydrogen (secondary N) is 2. The zero-order valence-corrected chi connectivity index (χ0v) is 13.1. The summed E-state index contributed by atoms with van der Waals surface area (Å²) in [6, 6.07) is 8.12. The van der Waals surface area contributed by atoms with Crippen LogP contribution in [-0.2, 0) is 12.8 Å². The highest BCUT2D eigenvalue weighted by Gasteiger charge is 2.29. The van der Waals surface area contributed by atoms with Crippen LogP contribution in [0, 0.1) is 6.92 Å². The fourth-order valence-corrected chi connectivity index (χ4v) is 3.09. The van der Waals surface area contributed by atoms with Gasteiger partial charge in [-0.3, -0.25) is 9.89 Å². The van der Waals surface area contributed by atoms with Crippen LogP contribution in [0.1, 0.15) is 27.3 Å². The van der Waals surface area contributed by atoms with Crippen LogP contribution in [-0.4, -0.2) is 32.9 Å². The molecule has 0 radical (unpaired) electrons. The first-order valence-electron chi connectivity index (χ1n) is 7.62. The summed E-state index contributed by atoms with van der Waals surface area (Å²) in [6.45, 7) is 2.05. The minimum atomic E-state index is -0.154. The van der Waals surface area contributed by atoms with Gasteiger partial charge in [-0.05, 0) is 31.9 Å². The van der Waals surface area contributed by atoms with Gasteiger partial charge in [0.25, 0.3) is 5.91 Å². The molecule has 1 amide bonds. The molecule has 2 aromatic heterocycles. The molecule has 0 atom stereocenters. The van der Waals surface area contributed by atoms with Gasteiger partial charge in [0.15, 0.2) is 5.69 Å². The average Bonchev–Trinajstić information content (AvgIpc) is 3.18. The SMILES string of the molecule is CNC(=O)c1nn(-c2ccc(C)cc2)c2c1CCc1[nH]ncc1-2. The predicted molar refractivity (Wildman–Crippen MR) is 86.7 cm³/mol. The van der Waals surface area contributed by atoms with Crippen LogP contribution >= 0.6 is 0 Å². The van der Waals surface area contributed by atoms with Crippen molar-refractivity contribution >= 4 is 5.91 Å². The van der Waals surface area contributed by atoms with Gasteiger partial charge in [0.2, 0.25) is 0 Å². The third-order valence-electron chi connectivity index (χ3n) is 4.30. The molecule has 0 fully saturated rings. The number of fused-ring (bicyclic) bond motifs is 3. The predicted octanol–water partition coefficient (Wildman–Crippen LogP) is 2.03. The highest BCUT2D eigenvalue weighted by atomic mass is 16.1. The van der Waals surface area contributed by atoms with E-state index in [1.54, 1.807) is 7.05 Å². The van der Waals surface area contributed by atoms with E-state index < -0.39 is 0 Å². The number of rotatable bonds is 2. The molecule has 23 heavy (non-hydrogen) atoms. The van der Waals surface area contributed by atoms with Gasteiger partial charge < -0.3 is 5.32 Å². The third kappa shape index (κ3) is 2.06. The summed E-state index contributed by atoms with van der Waals surface area (Å²) in [5, 5.41) is 14.5. The molecule has 0 unspecified atom stereocenters. The first-order chi connectivity index (χ1) is 11.2. The number of hydrogen-bond donors (Lipinski definition) is 2. The largest absolute Gasteiger partial charge is 0.354 e. The number of carbonyl (C=O) groups excluding carboxylic acids is 1. The summed E-state index contributed by atoms with van der Waals surface area (Å²) in [5.41, 5.74) is 6.68. The van der Waals surface area contributed by atoms with Crippen LogP contribution in [0.5, 0.6) is 0 Å². The van der Waals surface area contributed by atoms with Crippen LogP contribution in [0.4, 0.5) is 0 Å². The van der Waals surface area contributed by atoms with Crippen molar-refractivity contribution in [1.82, 2.24) is 25.3 Å². The zero-order valence-electron chi connectivity index (χ0n) is 13.1. The van der Waals surface area contributed by atoms with Gasteiger partial charge in [0, 0.05) is 23.9 Å². The van der Waals surface area contributed by atoms with Crippen molar-refractivity contribution in [2.24, 2.45) is 0 Å². The van der Waals surface area contributed by atoms with Gasteiger partial charge in [0.05, 0.1) is 17.6 Å². The normalized spacial score (nSPS) is 12.6. The summed E-state index contributed by atoms with van der Waals surface area (Å²) in [7, 11) is 1.63. The van der Waals surface area contributed by atoms with Crippen LogP contribution in [0.3, 0.4) is 0 Å². The van der Waals surface area contributed by atoms with Gasteiger partial charge in [-0.25, -0.2) is 4.68 Å². The van der Waals surface area contributed by atoms with Crippen molar-refractivity contribution in [2.45, 2.75) is 19.8 Å². The minimum Gasteiger partial charge on any atom is -0.354 e. The maximum absolute atomic E-state index is 12.2. The van der Waals surface area contributed by atoms with Gasteiger partial charge in [-0.15, -0.1) is 0 Å². The maximum Gasteiger partial charge on any atom is 0.271 e. The Kier molecular flexibility index (Phi) is 3.04. The second-order valence-corrected chi connectivity index (χ2v) is 5.76. The van der Waals surface area contributed by atoms with Gasteiger partial charge >= 0.3 is 0 Å². The molecule has 2 N–H and O–H groups in total. The van der Waals surface area contributed by atoms with Crippen LogP contribution in [0.25, 0.3) is 16.9 Å². The monoisotopic (exact) mass is 307 g/mol. The van der Waals surface area contributed by atoms with E-state index in [0.717, 1.165) is 41.0 Å². The van der Waals surface area contributed by atoms with Crippen molar-refractivity contribution in [3.8, 4) is 16.9 Å². The molecular weight excluding hydrogens is 290 g/mol. The quantitative estimate of drug-likeness (QED) is 0.760. The lowest BCUT2D eigenvalue weighted by Gasteiger charge is -2.14. The summed E-state index contributed by atoms with van der Waals surface area (Å²) in [6.07, 6.45) is 3.43. The molecule has 0 aliphatic heterocycles. The summed E-state index contributed by atoms with van der Waals surface area (Å²) >= 11 is 0. The molecule has 1 aliphatic rings. The number of carbonyl (C=O) groups is 1. The lowest BCUT2D eigenvalue weighted by atomic mass is 9.93. The molecule has 0 saturated carbocycles. The minimum absolute atomic E-state index is 0.154. The molecule has 6 heteroatoms. The molecule has 3 aromatic rings. The standard InChI is InChI=1S/C17H17N5O/c1-10-3-5-11(6-4-10)22-16-12(15(21-22)17(23)18-2)7-8-14-13(16)9-19-20-14/h3-6,9H,7-8H2,1-2H3,(H,18,23)(H,19,20). The van der Waals surface area contributed by atoms with E-state index in [1.807, 2.05) is 42.1 Å². The Balaban J connectivity index is 1.98. The van der Waals surface area contributed by atoms with E-state index in [4.69, 9.17) is 0 Å². The maximum atomic E-state index is 12.2. The number of benzene rings is 1. The van der Waals surface area contributed by atoms with Gasteiger partial charge in [0.1, 0.15) is 0 Å². The first kappa shape index (κ1) is 13.8. The summed E-state index contributed by atoms with van der Waals surface area (Å²) in [5.74, 6) is -0.154. The number of aryl methyl sites for hydroxylation is 2. The number of amides is 1. The molecule has 116 valence electrons. The summed E-state index contributed by atoms with van der Waals surface area (Å²) < 4.78 is 1.85. The van der Waals surface area contributed by atoms with E-state index in [2.05, 4.69) is 20.6 Å². The van der Waals surface area contributed by atoms with E-state index in [9.17, 15) is 4.79 Å². The second-order valence-electron chi connectivity index (χ2n) is 5.76. The molecule has 0 saturated heterocycles.